The Morgan fingerprint density at radius 2 is 1.27 bits per heavy atom. The molecular weight excluding hydrogens is 592 g/mol. The molecule has 0 spiro atoms. The highest BCUT2D eigenvalue weighted by molar-refractivity contribution is 7.98. The zero-order valence-corrected chi connectivity index (χ0v) is 26.6. The fourth-order valence-corrected chi connectivity index (χ4v) is 5.86. The Hall–Kier alpha value is -4.29. The zero-order valence-electron chi connectivity index (χ0n) is 25.8. The molecule has 45 heavy (non-hydrogen) atoms. The summed E-state index contributed by atoms with van der Waals surface area (Å²) in [5, 5.41) is 20.1. The van der Waals surface area contributed by atoms with Gasteiger partial charge in [-0.1, -0.05) is 50.2 Å². The summed E-state index contributed by atoms with van der Waals surface area (Å²) < 4.78 is 0. The number of nitrogens with one attached hydrogen (secondary N) is 5. The van der Waals surface area contributed by atoms with Crippen molar-refractivity contribution in [2.45, 2.75) is 63.7 Å². The molecule has 0 saturated heterocycles. The normalized spacial score (nSPS) is 14.2. The lowest BCUT2D eigenvalue weighted by Crippen LogP contribution is -2.58. The smallest absolute Gasteiger partial charge is 0.326 e. The molecule has 3 amide bonds. The third-order valence-electron chi connectivity index (χ3n) is 7.75. The summed E-state index contributed by atoms with van der Waals surface area (Å²) in [6, 6.07) is 11.0. The maximum atomic E-state index is 13.8. The van der Waals surface area contributed by atoms with Gasteiger partial charge in [0.15, 0.2) is 0 Å². The van der Waals surface area contributed by atoms with Gasteiger partial charge in [-0.2, -0.15) is 11.8 Å². The van der Waals surface area contributed by atoms with Gasteiger partial charge in [0.05, 0.1) is 6.04 Å². The highest BCUT2D eigenvalue weighted by atomic mass is 32.2. The fourth-order valence-electron chi connectivity index (χ4n) is 5.39. The summed E-state index contributed by atoms with van der Waals surface area (Å²) in [7, 11) is 0. The van der Waals surface area contributed by atoms with Crippen molar-refractivity contribution in [3.63, 3.8) is 0 Å². The van der Waals surface area contributed by atoms with Crippen LogP contribution in [0.1, 0.15) is 37.8 Å². The molecule has 0 aliphatic rings. The number of amides is 3. The Kier molecular flexibility index (Phi) is 11.7. The second-order valence-electron chi connectivity index (χ2n) is 11.7. The van der Waals surface area contributed by atoms with E-state index in [4.69, 9.17) is 5.73 Å². The van der Waals surface area contributed by atoms with Gasteiger partial charge >= 0.3 is 5.97 Å². The van der Waals surface area contributed by atoms with E-state index in [-0.39, 0.29) is 18.8 Å². The molecule has 8 N–H and O–H groups in total. The number of carbonyl (C=O) groups excluding carboxylic acids is 3. The third-order valence-corrected chi connectivity index (χ3v) is 8.40. The van der Waals surface area contributed by atoms with E-state index >= 15 is 0 Å². The second-order valence-corrected chi connectivity index (χ2v) is 12.7. The zero-order chi connectivity index (χ0) is 32.5. The van der Waals surface area contributed by atoms with Crippen LogP contribution in [0.4, 0.5) is 0 Å². The molecule has 11 nitrogen and oxygen atoms in total. The molecule has 0 aliphatic carbocycles. The summed E-state index contributed by atoms with van der Waals surface area (Å²) in [6.07, 6.45) is 6.33. The molecule has 0 radical (unpaired) electrons. The highest BCUT2D eigenvalue weighted by Gasteiger charge is 2.31. The van der Waals surface area contributed by atoms with E-state index in [1.807, 2.05) is 68.6 Å². The first-order chi connectivity index (χ1) is 21.6. The molecule has 0 bridgehead atoms. The molecule has 4 atom stereocenters. The van der Waals surface area contributed by atoms with Crippen molar-refractivity contribution in [3.8, 4) is 0 Å². The number of carboxylic acids is 1. The molecule has 2 aromatic heterocycles. The SMILES string of the molecule is CSCCC(NC(=O)C(N)CC(C)C)C(=O)NC(Cc1c[nH]c2ccccc12)C(=O)NC(Cc1c[nH]c2ccccc12)C(=O)O. The van der Waals surface area contributed by atoms with Gasteiger partial charge in [0.1, 0.15) is 18.1 Å². The number of aromatic nitrogens is 2. The van der Waals surface area contributed by atoms with Crippen LogP contribution < -0.4 is 21.7 Å². The van der Waals surface area contributed by atoms with Crippen LogP contribution in [0.25, 0.3) is 21.8 Å². The molecule has 4 rings (SSSR count). The summed E-state index contributed by atoms with van der Waals surface area (Å²) in [5.41, 5.74) is 9.33. The van der Waals surface area contributed by atoms with Crippen molar-refractivity contribution in [2.24, 2.45) is 11.7 Å². The number of hydrogen-bond acceptors (Lipinski definition) is 6. The largest absolute Gasteiger partial charge is 0.480 e. The van der Waals surface area contributed by atoms with Crippen molar-refractivity contribution in [3.05, 3.63) is 72.1 Å². The Labute approximate surface area is 266 Å². The summed E-state index contributed by atoms with van der Waals surface area (Å²) in [6.45, 7) is 3.92. The molecule has 4 aromatic rings. The number of carboxylic acid groups (broad SMARTS) is 1. The molecule has 0 aliphatic heterocycles. The predicted molar refractivity (Wildman–Crippen MR) is 178 cm³/mol. The number of carbonyl (C=O) groups is 4. The highest BCUT2D eigenvalue weighted by Crippen LogP contribution is 2.21. The van der Waals surface area contributed by atoms with Gasteiger partial charge in [-0.3, -0.25) is 14.4 Å². The van der Waals surface area contributed by atoms with Crippen molar-refractivity contribution >= 4 is 57.3 Å². The summed E-state index contributed by atoms with van der Waals surface area (Å²) >= 11 is 1.52. The molecule has 240 valence electrons. The second kappa shape index (κ2) is 15.6. The van der Waals surface area contributed by atoms with Crippen LogP contribution in [0.15, 0.2) is 60.9 Å². The number of hydrogen-bond donors (Lipinski definition) is 7. The maximum absolute atomic E-state index is 13.8. The van der Waals surface area contributed by atoms with Crippen molar-refractivity contribution in [1.82, 2.24) is 25.9 Å². The van der Waals surface area contributed by atoms with Gasteiger partial charge in [-0.05, 0) is 54.0 Å². The lowest BCUT2D eigenvalue weighted by Gasteiger charge is -2.25. The first-order valence-electron chi connectivity index (χ1n) is 15.1. The first kappa shape index (κ1) is 33.6. The molecule has 0 fully saturated rings. The van der Waals surface area contributed by atoms with Gasteiger partial charge < -0.3 is 36.8 Å². The standard InChI is InChI=1S/C33H42N6O5S/c1-19(2)14-24(34)30(40)37-27(12-13-45-3)31(41)38-28(15-20-17-35-25-10-6-4-8-22(20)25)32(42)39-29(33(43)44)16-21-18-36-26-11-7-5-9-23(21)26/h4-11,17-19,24,27-29,35-36H,12-16,34H2,1-3H3,(H,37,40)(H,38,41)(H,39,42)(H,43,44). The lowest BCUT2D eigenvalue weighted by molar-refractivity contribution is -0.142. The van der Waals surface area contributed by atoms with Crippen molar-refractivity contribution in [1.29, 1.82) is 0 Å². The van der Waals surface area contributed by atoms with E-state index in [9.17, 15) is 24.3 Å². The maximum Gasteiger partial charge on any atom is 0.326 e. The minimum Gasteiger partial charge on any atom is -0.480 e. The number of rotatable bonds is 16. The number of aliphatic carboxylic acids is 1. The van der Waals surface area contributed by atoms with Crippen LogP contribution in [-0.4, -0.2) is 74.9 Å². The van der Waals surface area contributed by atoms with E-state index in [2.05, 4.69) is 25.9 Å². The van der Waals surface area contributed by atoms with Crippen LogP contribution in [0, 0.1) is 5.92 Å². The average Bonchev–Trinajstić information content (AvgIpc) is 3.62. The number of thioether (sulfide) groups is 1. The molecule has 4 unspecified atom stereocenters. The molecular formula is C33H42N6O5S. The number of aromatic amines is 2. The molecule has 12 heteroatoms. The van der Waals surface area contributed by atoms with Gasteiger partial charge in [0, 0.05) is 47.0 Å². The number of para-hydroxylation sites is 2. The predicted octanol–water partition coefficient (Wildman–Crippen LogP) is 3.10. The summed E-state index contributed by atoms with van der Waals surface area (Å²) in [5.74, 6) is -2.05. The number of fused-ring (bicyclic) bond motifs is 2. The van der Waals surface area contributed by atoms with Crippen LogP contribution >= 0.6 is 11.8 Å². The Morgan fingerprint density at radius 1 is 0.778 bits per heavy atom. The van der Waals surface area contributed by atoms with Gasteiger partial charge in [0.2, 0.25) is 17.7 Å². The Bertz CT molecular complexity index is 1630. The van der Waals surface area contributed by atoms with Crippen molar-refractivity contribution in [2.75, 3.05) is 12.0 Å². The van der Waals surface area contributed by atoms with E-state index in [1.54, 1.807) is 12.4 Å². The van der Waals surface area contributed by atoms with Gasteiger partial charge in [0.25, 0.3) is 0 Å². The quantitative estimate of drug-likeness (QED) is 0.0988. The molecule has 2 heterocycles. The van der Waals surface area contributed by atoms with Crippen molar-refractivity contribution < 1.29 is 24.3 Å². The van der Waals surface area contributed by atoms with Crippen LogP contribution in [0.3, 0.4) is 0 Å². The van der Waals surface area contributed by atoms with Crippen LogP contribution in [0.5, 0.6) is 0 Å². The van der Waals surface area contributed by atoms with Gasteiger partial charge in [-0.25, -0.2) is 4.79 Å². The monoisotopic (exact) mass is 634 g/mol. The topological polar surface area (TPSA) is 182 Å². The molecule has 2 aromatic carbocycles. The van der Waals surface area contributed by atoms with E-state index in [1.165, 1.54) is 11.8 Å². The van der Waals surface area contributed by atoms with Crippen LogP contribution in [-0.2, 0) is 32.0 Å². The summed E-state index contributed by atoms with van der Waals surface area (Å²) in [4.78, 5) is 59.0. The van der Waals surface area contributed by atoms with E-state index < -0.39 is 47.9 Å². The van der Waals surface area contributed by atoms with Gasteiger partial charge in [-0.15, -0.1) is 0 Å². The Balaban J connectivity index is 1.57. The minimum absolute atomic E-state index is 0.0407. The van der Waals surface area contributed by atoms with E-state index in [0.29, 0.717) is 18.6 Å². The number of H-pyrrole nitrogens is 2. The van der Waals surface area contributed by atoms with Crippen LogP contribution in [0.2, 0.25) is 0 Å². The number of benzene rings is 2. The average molecular weight is 635 g/mol. The fraction of sp³-hybridized carbons (Fsp3) is 0.394. The lowest BCUT2D eigenvalue weighted by atomic mass is 10.0. The molecule has 0 saturated carbocycles. The Morgan fingerprint density at radius 3 is 1.80 bits per heavy atom. The first-order valence-corrected chi connectivity index (χ1v) is 16.4. The number of nitrogens with two attached hydrogens (primary N) is 1. The van der Waals surface area contributed by atoms with E-state index in [0.717, 1.165) is 32.9 Å². The third kappa shape index (κ3) is 8.89. The minimum atomic E-state index is -1.25.